The van der Waals surface area contributed by atoms with E-state index < -0.39 is 0 Å². The highest BCUT2D eigenvalue weighted by molar-refractivity contribution is 5.54. The highest BCUT2D eigenvalue weighted by Gasteiger charge is 2.25. The molecule has 2 rings (SSSR count). The van der Waals surface area contributed by atoms with Gasteiger partial charge in [-0.2, -0.15) is 0 Å². The van der Waals surface area contributed by atoms with Crippen LogP contribution in [0.4, 0.5) is 5.69 Å². The molecule has 0 aromatic heterocycles. The van der Waals surface area contributed by atoms with E-state index in [1.165, 1.54) is 36.9 Å². The van der Waals surface area contributed by atoms with Crippen molar-refractivity contribution in [3.05, 3.63) is 29.8 Å². The van der Waals surface area contributed by atoms with Crippen LogP contribution in [0, 0.1) is 5.92 Å². The molecular weight excluding hydrogens is 232 g/mol. The van der Waals surface area contributed by atoms with E-state index in [0.717, 1.165) is 6.54 Å². The van der Waals surface area contributed by atoms with E-state index in [2.05, 4.69) is 50.4 Å². The number of benzene rings is 1. The molecule has 2 unspecified atom stereocenters. The molecule has 1 aromatic rings. The lowest BCUT2D eigenvalue weighted by Crippen LogP contribution is -2.37. The summed E-state index contributed by atoms with van der Waals surface area (Å²) >= 11 is 0. The van der Waals surface area contributed by atoms with Gasteiger partial charge in [-0.3, -0.25) is 0 Å². The fourth-order valence-electron chi connectivity index (χ4n) is 3.14. The zero-order valence-electron chi connectivity index (χ0n) is 12.6. The van der Waals surface area contributed by atoms with Crippen molar-refractivity contribution in [3.63, 3.8) is 0 Å². The van der Waals surface area contributed by atoms with E-state index in [-0.39, 0.29) is 5.41 Å². The maximum absolute atomic E-state index is 5.93. The Hall–Kier alpha value is -1.02. The van der Waals surface area contributed by atoms with Crippen molar-refractivity contribution in [2.24, 2.45) is 11.7 Å². The molecule has 1 aliphatic rings. The van der Waals surface area contributed by atoms with Crippen LogP contribution in [0.1, 0.15) is 52.0 Å². The van der Waals surface area contributed by atoms with Crippen molar-refractivity contribution in [2.45, 2.75) is 57.9 Å². The summed E-state index contributed by atoms with van der Waals surface area (Å²) in [6.07, 6.45) is 5.18. The highest BCUT2D eigenvalue weighted by atomic mass is 14.9. The normalized spacial score (nSPS) is 24.2. The second-order valence-electron chi connectivity index (χ2n) is 6.83. The molecule has 0 spiro atoms. The van der Waals surface area contributed by atoms with Gasteiger partial charge in [0.15, 0.2) is 0 Å². The van der Waals surface area contributed by atoms with Crippen LogP contribution in [0.25, 0.3) is 0 Å². The summed E-state index contributed by atoms with van der Waals surface area (Å²) in [6, 6.07) is 9.25. The van der Waals surface area contributed by atoms with Crippen molar-refractivity contribution in [1.29, 1.82) is 0 Å². The third-order valence-electron chi connectivity index (χ3n) is 4.29. The minimum absolute atomic E-state index is 0.177. The van der Waals surface area contributed by atoms with Crippen molar-refractivity contribution >= 4 is 5.69 Å². The summed E-state index contributed by atoms with van der Waals surface area (Å²) in [6.45, 7) is 7.62. The molecule has 2 atom stereocenters. The van der Waals surface area contributed by atoms with E-state index in [9.17, 15) is 0 Å². The number of nitrogens with two attached hydrogens (primary N) is 1. The lowest BCUT2D eigenvalue weighted by molar-refractivity contribution is 0.332. The van der Waals surface area contributed by atoms with Gasteiger partial charge in [0.05, 0.1) is 0 Å². The van der Waals surface area contributed by atoms with Gasteiger partial charge in [-0.1, -0.05) is 51.8 Å². The first-order valence-electron chi connectivity index (χ1n) is 7.58. The van der Waals surface area contributed by atoms with Crippen molar-refractivity contribution in [3.8, 4) is 0 Å². The number of anilines is 1. The Morgan fingerprint density at radius 3 is 2.53 bits per heavy atom. The lowest BCUT2D eigenvalue weighted by atomic mass is 9.82. The van der Waals surface area contributed by atoms with Crippen LogP contribution in [0.2, 0.25) is 0 Å². The molecule has 0 amide bonds. The van der Waals surface area contributed by atoms with Gasteiger partial charge in [0.2, 0.25) is 0 Å². The molecule has 0 aliphatic heterocycles. The van der Waals surface area contributed by atoms with Gasteiger partial charge in [-0.05, 0) is 42.3 Å². The molecule has 0 bridgehead atoms. The highest BCUT2D eigenvalue weighted by Crippen LogP contribution is 2.32. The zero-order chi connectivity index (χ0) is 13.9. The minimum Gasteiger partial charge on any atom is -0.382 e. The molecule has 0 heterocycles. The van der Waals surface area contributed by atoms with Crippen LogP contribution in [0.5, 0.6) is 0 Å². The van der Waals surface area contributed by atoms with Crippen molar-refractivity contribution in [2.75, 3.05) is 11.9 Å². The van der Waals surface area contributed by atoms with E-state index in [0.29, 0.717) is 12.0 Å². The molecule has 1 aromatic carbocycles. The molecule has 1 aliphatic carbocycles. The van der Waals surface area contributed by atoms with Gasteiger partial charge < -0.3 is 11.1 Å². The minimum atomic E-state index is 0.177. The van der Waals surface area contributed by atoms with Gasteiger partial charge in [0.25, 0.3) is 0 Å². The van der Waals surface area contributed by atoms with Crippen LogP contribution < -0.4 is 11.1 Å². The Kier molecular flexibility index (Phi) is 4.51. The van der Waals surface area contributed by atoms with Crippen LogP contribution in [-0.2, 0) is 5.41 Å². The lowest BCUT2D eigenvalue weighted by Gasteiger charge is -2.34. The first-order chi connectivity index (χ1) is 9.02. The van der Waals surface area contributed by atoms with E-state index >= 15 is 0 Å². The Bertz CT molecular complexity index is 406. The molecule has 3 N–H and O–H groups in total. The van der Waals surface area contributed by atoms with Crippen LogP contribution >= 0.6 is 0 Å². The summed E-state index contributed by atoms with van der Waals surface area (Å²) in [7, 11) is 0. The van der Waals surface area contributed by atoms with Crippen molar-refractivity contribution in [1.82, 2.24) is 0 Å². The van der Waals surface area contributed by atoms with Gasteiger partial charge in [-0.15, -0.1) is 0 Å². The molecule has 2 heteroatoms. The standard InChI is InChI=1S/C17H28N2/c1-17(2,3)14-9-5-7-11-16(14)19-15-10-6-4-8-13(15)12-18/h5,7,9,11,13,15,19H,4,6,8,10,12,18H2,1-3H3. The number of nitrogens with one attached hydrogen (secondary N) is 1. The maximum atomic E-state index is 5.93. The van der Waals surface area contributed by atoms with Gasteiger partial charge in [-0.25, -0.2) is 0 Å². The third-order valence-corrected chi connectivity index (χ3v) is 4.29. The Morgan fingerprint density at radius 1 is 1.16 bits per heavy atom. The van der Waals surface area contributed by atoms with Crippen LogP contribution in [0.15, 0.2) is 24.3 Å². The van der Waals surface area contributed by atoms with E-state index in [1.807, 2.05) is 0 Å². The summed E-state index contributed by atoms with van der Waals surface area (Å²) < 4.78 is 0. The fraction of sp³-hybridized carbons (Fsp3) is 0.647. The summed E-state index contributed by atoms with van der Waals surface area (Å²) in [5.74, 6) is 0.627. The summed E-state index contributed by atoms with van der Waals surface area (Å²) in [5.41, 5.74) is 8.80. The smallest absolute Gasteiger partial charge is 0.0380 e. The number of hydrogen-bond donors (Lipinski definition) is 2. The van der Waals surface area contributed by atoms with Gasteiger partial charge in [0, 0.05) is 11.7 Å². The molecular formula is C17H28N2. The first-order valence-corrected chi connectivity index (χ1v) is 7.58. The van der Waals surface area contributed by atoms with Gasteiger partial charge in [0.1, 0.15) is 0 Å². The first kappa shape index (κ1) is 14.4. The molecule has 106 valence electrons. The molecule has 1 fully saturated rings. The zero-order valence-corrected chi connectivity index (χ0v) is 12.6. The predicted octanol–water partition coefficient (Wildman–Crippen LogP) is 3.91. The topological polar surface area (TPSA) is 38.0 Å². The monoisotopic (exact) mass is 260 g/mol. The van der Waals surface area contributed by atoms with Crippen molar-refractivity contribution < 1.29 is 0 Å². The van der Waals surface area contributed by atoms with Crippen LogP contribution in [-0.4, -0.2) is 12.6 Å². The number of para-hydroxylation sites is 1. The van der Waals surface area contributed by atoms with E-state index in [4.69, 9.17) is 5.73 Å². The summed E-state index contributed by atoms with van der Waals surface area (Å²) in [4.78, 5) is 0. The molecule has 19 heavy (non-hydrogen) atoms. The average Bonchev–Trinajstić information content (AvgIpc) is 2.39. The molecule has 1 saturated carbocycles. The quantitative estimate of drug-likeness (QED) is 0.864. The van der Waals surface area contributed by atoms with Gasteiger partial charge >= 0.3 is 0 Å². The Labute approximate surface area is 117 Å². The summed E-state index contributed by atoms with van der Waals surface area (Å²) in [5, 5.41) is 3.78. The second-order valence-corrected chi connectivity index (χ2v) is 6.83. The average molecular weight is 260 g/mol. The number of hydrogen-bond acceptors (Lipinski definition) is 2. The fourth-order valence-corrected chi connectivity index (χ4v) is 3.14. The molecule has 0 radical (unpaired) electrons. The predicted molar refractivity (Wildman–Crippen MR) is 83.6 cm³/mol. The Balaban J connectivity index is 2.18. The van der Waals surface area contributed by atoms with E-state index in [1.54, 1.807) is 0 Å². The second kappa shape index (κ2) is 5.96. The maximum Gasteiger partial charge on any atom is 0.0380 e. The Morgan fingerprint density at radius 2 is 1.84 bits per heavy atom. The largest absolute Gasteiger partial charge is 0.382 e. The third kappa shape index (κ3) is 3.50. The van der Waals surface area contributed by atoms with Crippen LogP contribution in [0.3, 0.4) is 0 Å². The number of rotatable bonds is 3. The molecule has 0 saturated heterocycles. The SMILES string of the molecule is CC(C)(C)c1ccccc1NC1CCCCC1CN. The molecule has 2 nitrogen and oxygen atoms in total.